The third-order valence-electron chi connectivity index (χ3n) is 3.55. The Hall–Kier alpha value is -2.24. The quantitative estimate of drug-likeness (QED) is 0.669. The van der Waals surface area contributed by atoms with Crippen LogP contribution in [0.1, 0.15) is 44.0 Å². The molecule has 0 radical (unpaired) electrons. The molecule has 6 heteroatoms. The van der Waals surface area contributed by atoms with Crippen molar-refractivity contribution in [3.8, 4) is 0 Å². The number of ether oxygens (including phenoxy) is 2. The zero-order valence-electron chi connectivity index (χ0n) is 13.9. The molecular weight excluding hydrogens is 296 g/mol. The number of para-hydroxylation sites is 1. The smallest absolute Gasteiger partial charge is 0.410 e. The summed E-state index contributed by atoms with van der Waals surface area (Å²) in [7, 11) is 0. The molecule has 0 saturated carbocycles. The Bertz CT molecular complexity index is 572. The molecule has 23 heavy (non-hydrogen) atoms. The van der Waals surface area contributed by atoms with Gasteiger partial charge in [0.05, 0.1) is 5.56 Å². The molecule has 1 saturated heterocycles. The number of anilines is 1. The van der Waals surface area contributed by atoms with Crippen LogP contribution < -0.4 is 5.73 Å². The maximum atomic E-state index is 12.1. The molecule has 1 heterocycles. The van der Waals surface area contributed by atoms with Crippen LogP contribution in [0, 0.1) is 0 Å². The predicted molar refractivity (Wildman–Crippen MR) is 87.1 cm³/mol. The fourth-order valence-corrected chi connectivity index (χ4v) is 2.38. The Morgan fingerprint density at radius 3 is 2.35 bits per heavy atom. The molecule has 0 aliphatic carbocycles. The Morgan fingerprint density at radius 2 is 1.78 bits per heavy atom. The summed E-state index contributed by atoms with van der Waals surface area (Å²) < 4.78 is 10.8. The van der Waals surface area contributed by atoms with Gasteiger partial charge < -0.3 is 20.1 Å². The number of carbonyl (C=O) groups excluding carboxylic acids is 2. The van der Waals surface area contributed by atoms with Crippen molar-refractivity contribution >= 4 is 17.7 Å². The number of piperidine rings is 1. The van der Waals surface area contributed by atoms with E-state index in [1.165, 1.54) is 0 Å². The van der Waals surface area contributed by atoms with Crippen LogP contribution in [-0.2, 0) is 9.47 Å². The van der Waals surface area contributed by atoms with Crippen LogP contribution in [0.3, 0.4) is 0 Å². The van der Waals surface area contributed by atoms with Gasteiger partial charge >= 0.3 is 12.1 Å². The minimum atomic E-state index is -0.509. The number of nitrogens with zero attached hydrogens (tertiary/aromatic N) is 1. The lowest BCUT2D eigenvalue weighted by Crippen LogP contribution is -2.43. The number of likely N-dealkylation sites (tertiary alicyclic amines) is 1. The monoisotopic (exact) mass is 320 g/mol. The molecule has 2 rings (SSSR count). The number of hydrogen-bond acceptors (Lipinski definition) is 5. The zero-order chi connectivity index (χ0) is 17.0. The Labute approximate surface area is 136 Å². The van der Waals surface area contributed by atoms with Gasteiger partial charge in [0, 0.05) is 31.6 Å². The summed E-state index contributed by atoms with van der Waals surface area (Å²) in [5.74, 6) is -0.418. The molecule has 6 nitrogen and oxygen atoms in total. The summed E-state index contributed by atoms with van der Waals surface area (Å²) in [5.41, 5.74) is 6.05. The molecule has 1 amide bonds. The van der Waals surface area contributed by atoms with Crippen LogP contribution in [0.4, 0.5) is 10.5 Å². The highest BCUT2D eigenvalue weighted by molar-refractivity contribution is 5.95. The van der Waals surface area contributed by atoms with Gasteiger partial charge in [-0.1, -0.05) is 12.1 Å². The Kier molecular flexibility index (Phi) is 5.13. The number of nitrogens with two attached hydrogens (primary N) is 1. The highest BCUT2D eigenvalue weighted by Gasteiger charge is 2.28. The highest BCUT2D eigenvalue weighted by atomic mass is 16.6. The summed E-state index contributed by atoms with van der Waals surface area (Å²) >= 11 is 0. The third-order valence-corrected chi connectivity index (χ3v) is 3.55. The topological polar surface area (TPSA) is 81.9 Å². The fourth-order valence-electron chi connectivity index (χ4n) is 2.38. The van der Waals surface area contributed by atoms with E-state index in [-0.39, 0.29) is 12.2 Å². The van der Waals surface area contributed by atoms with Crippen LogP contribution in [0.2, 0.25) is 0 Å². The molecule has 0 aromatic heterocycles. The molecular formula is C17H24N2O4. The second kappa shape index (κ2) is 6.89. The van der Waals surface area contributed by atoms with Gasteiger partial charge in [0.25, 0.3) is 0 Å². The van der Waals surface area contributed by atoms with Gasteiger partial charge in [-0.2, -0.15) is 0 Å². The molecule has 2 N–H and O–H groups in total. The molecule has 1 aliphatic rings. The van der Waals surface area contributed by atoms with Gasteiger partial charge in [0.15, 0.2) is 0 Å². The predicted octanol–water partition coefficient (Wildman–Crippen LogP) is 2.83. The first-order valence-corrected chi connectivity index (χ1v) is 7.79. The minimum Gasteiger partial charge on any atom is -0.459 e. The number of benzene rings is 1. The largest absolute Gasteiger partial charge is 0.459 e. The lowest BCUT2D eigenvalue weighted by atomic mass is 10.1. The highest BCUT2D eigenvalue weighted by Crippen LogP contribution is 2.20. The van der Waals surface area contributed by atoms with E-state index in [0.29, 0.717) is 37.2 Å². The second-order valence-corrected chi connectivity index (χ2v) is 6.66. The number of rotatable bonds is 2. The Morgan fingerprint density at radius 1 is 1.17 bits per heavy atom. The van der Waals surface area contributed by atoms with Gasteiger partial charge in [0.2, 0.25) is 0 Å². The van der Waals surface area contributed by atoms with Crippen LogP contribution >= 0.6 is 0 Å². The van der Waals surface area contributed by atoms with Gasteiger partial charge in [-0.15, -0.1) is 0 Å². The average molecular weight is 320 g/mol. The third kappa shape index (κ3) is 4.87. The lowest BCUT2D eigenvalue weighted by molar-refractivity contribution is -0.00333. The molecule has 0 spiro atoms. The summed E-state index contributed by atoms with van der Waals surface area (Å²) in [6.45, 7) is 6.53. The first-order chi connectivity index (χ1) is 10.8. The van der Waals surface area contributed by atoms with Crippen LogP contribution in [-0.4, -0.2) is 41.8 Å². The molecule has 0 bridgehead atoms. The SMILES string of the molecule is CC(C)(C)OC(=O)N1CCC(OC(=O)c2ccccc2N)CC1. The molecule has 1 aliphatic heterocycles. The van der Waals surface area contributed by atoms with Crippen molar-refractivity contribution in [3.63, 3.8) is 0 Å². The van der Waals surface area contributed by atoms with Crippen LogP contribution in [0.25, 0.3) is 0 Å². The van der Waals surface area contributed by atoms with E-state index in [9.17, 15) is 9.59 Å². The zero-order valence-corrected chi connectivity index (χ0v) is 13.9. The summed E-state index contributed by atoms with van der Waals surface area (Å²) in [6.07, 6.45) is 0.658. The van der Waals surface area contributed by atoms with E-state index in [2.05, 4.69) is 0 Å². The first-order valence-electron chi connectivity index (χ1n) is 7.79. The summed E-state index contributed by atoms with van der Waals surface area (Å²) in [4.78, 5) is 25.8. The van der Waals surface area contributed by atoms with E-state index in [1.807, 2.05) is 20.8 Å². The van der Waals surface area contributed by atoms with E-state index < -0.39 is 11.6 Å². The van der Waals surface area contributed by atoms with E-state index in [4.69, 9.17) is 15.2 Å². The van der Waals surface area contributed by atoms with E-state index in [0.717, 1.165) is 0 Å². The van der Waals surface area contributed by atoms with Gasteiger partial charge in [-0.05, 0) is 32.9 Å². The lowest BCUT2D eigenvalue weighted by Gasteiger charge is -2.33. The van der Waals surface area contributed by atoms with Gasteiger partial charge in [0.1, 0.15) is 11.7 Å². The average Bonchev–Trinajstić information content (AvgIpc) is 2.46. The van der Waals surface area contributed by atoms with E-state index >= 15 is 0 Å². The second-order valence-electron chi connectivity index (χ2n) is 6.66. The Balaban J connectivity index is 1.84. The van der Waals surface area contributed by atoms with Gasteiger partial charge in [-0.25, -0.2) is 9.59 Å². The van der Waals surface area contributed by atoms with Crippen molar-refractivity contribution in [2.75, 3.05) is 18.8 Å². The maximum Gasteiger partial charge on any atom is 0.410 e. The normalized spacial score (nSPS) is 16.0. The summed E-state index contributed by atoms with van der Waals surface area (Å²) in [6, 6.07) is 6.83. The van der Waals surface area contributed by atoms with Crippen molar-refractivity contribution in [2.45, 2.75) is 45.3 Å². The molecule has 126 valence electrons. The van der Waals surface area contributed by atoms with Crippen molar-refractivity contribution in [2.24, 2.45) is 0 Å². The number of amides is 1. The number of hydrogen-bond donors (Lipinski definition) is 1. The molecule has 1 fully saturated rings. The molecule has 0 unspecified atom stereocenters. The van der Waals surface area contributed by atoms with Crippen molar-refractivity contribution in [1.82, 2.24) is 4.90 Å². The van der Waals surface area contributed by atoms with Crippen LogP contribution in [0.5, 0.6) is 0 Å². The van der Waals surface area contributed by atoms with Crippen LogP contribution in [0.15, 0.2) is 24.3 Å². The van der Waals surface area contributed by atoms with Crippen molar-refractivity contribution in [3.05, 3.63) is 29.8 Å². The fraction of sp³-hybridized carbons (Fsp3) is 0.529. The van der Waals surface area contributed by atoms with Gasteiger partial charge in [-0.3, -0.25) is 0 Å². The number of nitrogen functional groups attached to an aromatic ring is 1. The summed E-state index contributed by atoms with van der Waals surface area (Å²) in [5, 5.41) is 0. The number of esters is 1. The van der Waals surface area contributed by atoms with Crippen molar-refractivity contribution in [1.29, 1.82) is 0 Å². The van der Waals surface area contributed by atoms with E-state index in [1.54, 1.807) is 29.2 Å². The number of carbonyl (C=O) groups is 2. The minimum absolute atomic E-state index is 0.208. The molecule has 0 atom stereocenters. The molecule has 1 aromatic carbocycles. The van der Waals surface area contributed by atoms with Crippen molar-refractivity contribution < 1.29 is 19.1 Å². The standard InChI is InChI=1S/C17H24N2O4/c1-17(2,3)23-16(21)19-10-8-12(9-11-19)22-15(20)13-6-4-5-7-14(13)18/h4-7,12H,8-11,18H2,1-3H3. The first kappa shape index (κ1) is 17.1. The maximum absolute atomic E-state index is 12.1. The molecule has 1 aromatic rings.